The van der Waals surface area contributed by atoms with Crippen LogP contribution in [0.2, 0.25) is 10.0 Å². The molecule has 100 valence electrons. The lowest BCUT2D eigenvalue weighted by Crippen LogP contribution is -2.45. The summed E-state index contributed by atoms with van der Waals surface area (Å²) in [5.74, 6) is 0.670. The summed E-state index contributed by atoms with van der Waals surface area (Å²) in [5, 5.41) is 5.19. The zero-order valence-corrected chi connectivity index (χ0v) is 12.6. The molecule has 0 aliphatic heterocycles. The van der Waals surface area contributed by atoms with Crippen LogP contribution in [0.25, 0.3) is 0 Å². The van der Waals surface area contributed by atoms with Crippen molar-refractivity contribution in [3.05, 3.63) is 33.8 Å². The zero-order valence-electron chi connectivity index (χ0n) is 11.1. The third kappa shape index (κ3) is 2.84. The number of hydrogen-bond acceptors (Lipinski definition) is 1. The van der Waals surface area contributed by atoms with Gasteiger partial charge in [-0.2, -0.15) is 0 Å². The lowest BCUT2D eigenvalue weighted by molar-refractivity contribution is 0.231. The van der Waals surface area contributed by atoms with Crippen LogP contribution in [0.1, 0.15) is 38.7 Å². The molecule has 1 aliphatic carbocycles. The predicted molar refractivity (Wildman–Crippen MR) is 79.7 cm³/mol. The normalized spacial score (nSPS) is 17.8. The Morgan fingerprint density at radius 2 is 1.83 bits per heavy atom. The summed E-state index contributed by atoms with van der Waals surface area (Å²) >= 11 is 12.7. The molecular formula is C15H21Cl2N. The van der Waals surface area contributed by atoms with Gasteiger partial charge in [0.05, 0.1) is 0 Å². The van der Waals surface area contributed by atoms with Crippen molar-refractivity contribution in [3.8, 4) is 0 Å². The summed E-state index contributed by atoms with van der Waals surface area (Å²) in [5.41, 5.74) is 1.31. The zero-order chi connectivity index (χ0) is 13.2. The van der Waals surface area contributed by atoms with Crippen LogP contribution in [-0.2, 0) is 5.41 Å². The Morgan fingerprint density at radius 1 is 1.22 bits per heavy atom. The molecular weight excluding hydrogens is 265 g/mol. The minimum absolute atomic E-state index is 0.157. The van der Waals surface area contributed by atoms with Crippen molar-refractivity contribution in [2.75, 3.05) is 13.1 Å². The van der Waals surface area contributed by atoms with Gasteiger partial charge < -0.3 is 5.32 Å². The van der Waals surface area contributed by atoms with Crippen molar-refractivity contribution in [2.24, 2.45) is 5.92 Å². The molecule has 0 unspecified atom stereocenters. The Morgan fingerprint density at radius 3 is 2.28 bits per heavy atom. The van der Waals surface area contributed by atoms with Crippen LogP contribution in [0.4, 0.5) is 0 Å². The Labute approximate surface area is 120 Å². The first-order chi connectivity index (χ1) is 8.55. The number of rotatable bonds is 5. The van der Waals surface area contributed by atoms with Gasteiger partial charge in [-0.05, 0) is 43.0 Å². The van der Waals surface area contributed by atoms with Gasteiger partial charge in [-0.25, -0.2) is 0 Å². The molecule has 0 heterocycles. The fourth-order valence-corrected chi connectivity index (χ4v) is 3.52. The van der Waals surface area contributed by atoms with Crippen LogP contribution in [0.3, 0.4) is 0 Å². The molecule has 2 rings (SSSR count). The minimum Gasteiger partial charge on any atom is -0.316 e. The smallest absolute Gasteiger partial charge is 0.0459 e. The summed E-state index contributed by atoms with van der Waals surface area (Å²) in [6.07, 6.45) is 3.63. The number of nitrogens with one attached hydrogen (secondary N) is 1. The Kier molecular flexibility index (Phi) is 4.58. The standard InChI is InChI=1S/C15H21Cl2N/c1-11(2)9-18-10-15(7-4-8-15)14-12(16)5-3-6-13(14)17/h3,5-6,11,18H,4,7-10H2,1-2H3. The monoisotopic (exact) mass is 285 g/mol. The summed E-state index contributed by atoms with van der Waals surface area (Å²) < 4.78 is 0. The first kappa shape index (κ1) is 14.2. The molecule has 0 bridgehead atoms. The first-order valence-corrected chi connectivity index (χ1v) is 7.46. The second kappa shape index (κ2) is 5.81. The van der Waals surface area contributed by atoms with E-state index in [1.54, 1.807) is 0 Å². The third-order valence-corrected chi connectivity index (χ3v) is 4.45. The van der Waals surface area contributed by atoms with Crippen molar-refractivity contribution in [3.63, 3.8) is 0 Å². The second-order valence-corrected chi connectivity index (χ2v) is 6.57. The predicted octanol–water partition coefficient (Wildman–Crippen LogP) is 4.66. The van der Waals surface area contributed by atoms with E-state index in [1.165, 1.54) is 19.3 Å². The highest BCUT2D eigenvalue weighted by Crippen LogP contribution is 2.48. The SMILES string of the molecule is CC(C)CNCC1(c2c(Cl)cccc2Cl)CCC1. The molecule has 0 spiro atoms. The molecule has 0 saturated heterocycles. The van der Waals surface area contributed by atoms with Gasteiger partial charge >= 0.3 is 0 Å². The maximum absolute atomic E-state index is 6.36. The first-order valence-electron chi connectivity index (χ1n) is 6.70. The lowest BCUT2D eigenvalue weighted by atomic mass is 9.64. The average molecular weight is 286 g/mol. The van der Waals surface area contributed by atoms with Crippen molar-refractivity contribution in [2.45, 2.75) is 38.5 Å². The van der Waals surface area contributed by atoms with Gasteiger partial charge in [-0.15, -0.1) is 0 Å². The summed E-state index contributed by atoms with van der Waals surface area (Å²) in [4.78, 5) is 0. The molecule has 1 N–H and O–H groups in total. The molecule has 1 nitrogen and oxygen atoms in total. The van der Waals surface area contributed by atoms with E-state index < -0.39 is 0 Å². The Balaban J connectivity index is 2.16. The van der Waals surface area contributed by atoms with E-state index in [0.717, 1.165) is 28.7 Å². The lowest BCUT2D eigenvalue weighted by Gasteiger charge is -2.44. The van der Waals surface area contributed by atoms with Gasteiger partial charge in [-0.3, -0.25) is 0 Å². The third-order valence-electron chi connectivity index (χ3n) is 3.82. The molecule has 0 aromatic heterocycles. The van der Waals surface area contributed by atoms with E-state index in [1.807, 2.05) is 18.2 Å². The quantitative estimate of drug-likeness (QED) is 0.830. The molecule has 0 amide bonds. The van der Waals surface area contributed by atoms with Crippen LogP contribution >= 0.6 is 23.2 Å². The van der Waals surface area contributed by atoms with E-state index >= 15 is 0 Å². The fraction of sp³-hybridized carbons (Fsp3) is 0.600. The van der Waals surface area contributed by atoms with Crippen molar-refractivity contribution in [1.82, 2.24) is 5.32 Å². The van der Waals surface area contributed by atoms with Crippen LogP contribution in [0, 0.1) is 5.92 Å². The molecule has 0 radical (unpaired) electrons. The molecule has 1 aromatic carbocycles. The highest BCUT2D eigenvalue weighted by Gasteiger charge is 2.41. The minimum atomic E-state index is 0.157. The maximum Gasteiger partial charge on any atom is 0.0459 e. The molecule has 1 fully saturated rings. The second-order valence-electron chi connectivity index (χ2n) is 5.76. The highest BCUT2D eigenvalue weighted by molar-refractivity contribution is 6.36. The Bertz CT molecular complexity index is 391. The van der Waals surface area contributed by atoms with Crippen LogP contribution in [0.5, 0.6) is 0 Å². The van der Waals surface area contributed by atoms with Gasteiger partial charge in [0.25, 0.3) is 0 Å². The Hall–Kier alpha value is -0.240. The van der Waals surface area contributed by atoms with Crippen molar-refractivity contribution in [1.29, 1.82) is 0 Å². The number of halogens is 2. The topological polar surface area (TPSA) is 12.0 Å². The fourth-order valence-electron chi connectivity index (χ4n) is 2.72. The van der Waals surface area contributed by atoms with Crippen LogP contribution in [-0.4, -0.2) is 13.1 Å². The largest absolute Gasteiger partial charge is 0.316 e. The number of benzene rings is 1. The molecule has 0 atom stereocenters. The van der Waals surface area contributed by atoms with Gasteiger partial charge in [0, 0.05) is 22.0 Å². The van der Waals surface area contributed by atoms with Gasteiger partial charge in [0.2, 0.25) is 0 Å². The van der Waals surface area contributed by atoms with E-state index in [9.17, 15) is 0 Å². The maximum atomic E-state index is 6.36. The molecule has 1 aromatic rings. The molecule has 1 aliphatic rings. The summed E-state index contributed by atoms with van der Waals surface area (Å²) in [6, 6.07) is 5.82. The van der Waals surface area contributed by atoms with E-state index in [2.05, 4.69) is 19.2 Å². The van der Waals surface area contributed by atoms with Crippen LogP contribution < -0.4 is 5.32 Å². The highest BCUT2D eigenvalue weighted by atomic mass is 35.5. The van der Waals surface area contributed by atoms with E-state index in [4.69, 9.17) is 23.2 Å². The van der Waals surface area contributed by atoms with Gasteiger partial charge in [0.15, 0.2) is 0 Å². The van der Waals surface area contributed by atoms with E-state index in [-0.39, 0.29) is 5.41 Å². The molecule has 1 saturated carbocycles. The molecule has 3 heteroatoms. The van der Waals surface area contributed by atoms with Gasteiger partial charge in [0.1, 0.15) is 0 Å². The summed E-state index contributed by atoms with van der Waals surface area (Å²) in [6.45, 7) is 6.48. The van der Waals surface area contributed by atoms with Crippen molar-refractivity contribution >= 4 is 23.2 Å². The van der Waals surface area contributed by atoms with Crippen molar-refractivity contribution < 1.29 is 0 Å². The van der Waals surface area contributed by atoms with Gasteiger partial charge in [-0.1, -0.05) is 49.5 Å². The number of hydrogen-bond donors (Lipinski definition) is 1. The molecule has 18 heavy (non-hydrogen) atoms. The summed E-state index contributed by atoms with van der Waals surface area (Å²) in [7, 11) is 0. The van der Waals surface area contributed by atoms with E-state index in [0.29, 0.717) is 5.92 Å². The average Bonchev–Trinajstić information content (AvgIpc) is 2.23. The van der Waals surface area contributed by atoms with Crippen LogP contribution in [0.15, 0.2) is 18.2 Å².